The van der Waals surface area contributed by atoms with Gasteiger partial charge < -0.3 is 4.74 Å². The highest BCUT2D eigenvalue weighted by Crippen LogP contribution is 2.25. The lowest BCUT2D eigenvalue weighted by atomic mass is 9.89. The molecule has 0 bridgehead atoms. The molecule has 1 aromatic carbocycles. The Morgan fingerprint density at radius 3 is 2.67 bits per heavy atom. The molecule has 5 heteroatoms. The second-order valence-electron chi connectivity index (χ2n) is 4.53. The van der Waals surface area contributed by atoms with Gasteiger partial charge in [0.05, 0.1) is 11.6 Å². The van der Waals surface area contributed by atoms with Crippen molar-refractivity contribution in [1.82, 2.24) is 5.43 Å². The molecule has 3 nitrogen and oxygen atoms in total. The van der Waals surface area contributed by atoms with Gasteiger partial charge in [0.1, 0.15) is 5.82 Å². The fourth-order valence-electron chi connectivity index (χ4n) is 1.89. The molecule has 0 heterocycles. The van der Waals surface area contributed by atoms with Gasteiger partial charge in [-0.05, 0) is 37.5 Å². The molecule has 0 radical (unpaired) electrons. The van der Waals surface area contributed by atoms with Crippen molar-refractivity contribution in [3.63, 3.8) is 0 Å². The number of rotatable bonds is 6. The van der Waals surface area contributed by atoms with Crippen LogP contribution < -0.4 is 11.3 Å². The van der Waals surface area contributed by atoms with E-state index in [2.05, 4.69) is 21.4 Å². The Bertz CT molecular complexity index is 397. The number of benzene rings is 1. The van der Waals surface area contributed by atoms with Gasteiger partial charge in [0.2, 0.25) is 0 Å². The van der Waals surface area contributed by atoms with Crippen molar-refractivity contribution in [3.05, 3.63) is 34.1 Å². The molecule has 2 atom stereocenters. The van der Waals surface area contributed by atoms with Gasteiger partial charge in [0.15, 0.2) is 0 Å². The highest BCUT2D eigenvalue weighted by atomic mass is 79.9. The van der Waals surface area contributed by atoms with Crippen LogP contribution in [-0.2, 0) is 11.2 Å². The number of hydrogen-bond donors (Lipinski definition) is 2. The summed E-state index contributed by atoms with van der Waals surface area (Å²) in [5.41, 5.74) is 3.43. The van der Waals surface area contributed by atoms with Crippen LogP contribution >= 0.6 is 15.9 Å². The van der Waals surface area contributed by atoms with E-state index >= 15 is 0 Å². The predicted molar refractivity (Wildman–Crippen MR) is 74.6 cm³/mol. The van der Waals surface area contributed by atoms with E-state index in [0.29, 0.717) is 6.42 Å². The van der Waals surface area contributed by atoms with Crippen LogP contribution in [0.4, 0.5) is 4.39 Å². The zero-order valence-electron chi connectivity index (χ0n) is 11.0. The average Bonchev–Trinajstić information content (AvgIpc) is 2.37. The fraction of sp³-hybridized carbons (Fsp3) is 0.538. The molecule has 3 N–H and O–H groups in total. The van der Waals surface area contributed by atoms with E-state index in [1.165, 1.54) is 12.1 Å². The summed E-state index contributed by atoms with van der Waals surface area (Å²) in [4.78, 5) is 0. The lowest BCUT2D eigenvalue weighted by Gasteiger charge is -2.35. The molecule has 0 aromatic heterocycles. The molecule has 0 fully saturated rings. The molecule has 0 spiro atoms. The number of hydrogen-bond acceptors (Lipinski definition) is 3. The van der Waals surface area contributed by atoms with Crippen molar-refractivity contribution in [3.8, 4) is 0 Å². The van der Waals surface area contributed by atoms with E-state index in [1.54, 1.807) is 13.2 Å². The Labute approximate surface area is 116 Å². The monoisotopic (exact) mass is 318 g/mol. The van der Waals surface area contributed by atoms with Crippen LogP contribution in [0, 0.1) is 5.82 Å². The highest BCUT2D eigenvalue weighted by molar-refractivity contribution is 9.10. The van der Waals surface area contributed by atoms with E-state index in [4.69, 9.17) is 10.6 Å². The normalized spacial score (nSPS) is 16.3. The van der Waals surface area contributed by atoms with Crippen molar-refractivity contribution >= 4 is 15.9 Å². The Morgan fingerprint density at radius 1 is 1.56 bits per heavy atom. The molecule has 2 unspecified atom stereocenters. The van der Waals surface area contributed by atoms with Gasteiger partial charge in [0.25, 0.3) is 0 Å². The summed E-state index contributed by atoms with van der Waals surface area (Å²) < 4.78 is 19.3. The number of hydrazine groups is 1. The van der Waals surface area contributed by atoms with Crippen molar-refractivity contribution in [2.45, 2.75) is 38.3 Å². The summed E-state index contributed by atoms with van der Waals surface area (Å²) in [5, 5.41) is 0. The van der Waals surface area contributed by atoms with Crippen LogP contribution in [-0.4, -0.2) is 18.8 Å². The second kappa shape index (κ2) is 6.61. The summed E-state index contributed by atoms with van der Waals surface area (Å²) in [6, 6.07) is 4.62. The Morgan fingerprint density at radius 2 is 2.22 bits per heavy atom. The minimum absolute atomic E-state index is 0.0470. The Kier molecular flexibility index (Phi) is 5.72. The summed E-state index contributed by atoms with van der Waals surface area (Å²) in [6.45, 7) is 4.06. The number of methoxy groups -OCH3 is 1. The van der Waals surface area contributed by atoms with Gasteiger partial charge in [-0.25, -0.2) is 4.39 Å². The van der Waals surface area contributed by atoms with Crippen molar-refractivity contribution in [1.29, 1.82) is 0 Å². The maximum absolute atomic E-state index is 13.0. The van der Waals surface area contributed by atoms with Gasteiger partial charge in [-0.15, -0.1) is 0 Å². The number of halogens is 2. The molecule has 1 aromatic rings. The van der Waals surface area contributed by atoms with Crippen molar-refractivity contribution in [2.75, 3.05) is 7.11 Å². The van der Waals surface area contributed by atoms with E-state index in [-0.39, 0.29) is 17.5 Å². The molecule has 0 amide bonds. The van der Waals surface area contributed by atoms with E-state index in [9.17, 15) is 4.39 Å². The van der Waals surface area contributed by atoms with Gasteiger partial charge in [-0.1, -0.05) is 28.9 Å². The summed E-state index contributed by atoms with van der Waals surface area (Å²) in [7, 11) is 1.67. The second-order valence-corrected chi connectivity index (χ2v) is 5.38. The highest BCUT2D eigenvalue weighted by Gasteiger charge is 2.32. The first-order valence-corrected chi connectivity index (χ1v) is 6.71. The van der Waals surface area contributed by atoms with Gasteiger partial charge in [-0.2, -0.15) is 0 Å². The zero-order valence-corrected chi connectivity index (χ0v) is 12.6. The topological polar surface area (TPSA) is 47.3 Å². The summed E-state index contributed by atoms with van der Waals surface area (Å²) in [6.07, 6.45) is 1.49. The van der Waals surface area contributed by atoms with Crippen molar-refractivity contribution < 1.29 is 9.13 Å². The quantitative estimate of drug-likeness (QED) is 0.626. The third kappa shape index (κ3) is 3.51. The maximum atomic E-state index is 13.0. The number of nitrogens with two attached hydrogens (primary N) is 1. The van der Waals surface area contributed by atoms with E-state index < -0.39 is 0 Å². The minimum Gasteiger partial charge on any atom is -0.377 e. The Hall–Kier alpha value is -0.490. The third-order valence-corrected chi connectivity index (χ3v) is 4.28. The Balaban J connectivity index is 2.92. The summed E-state index contributed by atoms with van der Waals surface area (Å²) >= 11 is 3.37. The molecule has 0 aliphatic rings. The van der Waals surface area contributed by atoms with Crippen LogP contribution in [0.3, 0.4) is 0 Å². The van der Waals surface area contributed by atoms with Gasteiger partial charge >= 0.3 is 0 Å². The maximum Gasteiger partial charge on any atom is 0.124 e. The summed E-state index contributed by atoms with van der Waals surface area (Å²) in [5.74, 6) is 5.36. The van der Waals surface area contributed by atoms with E-state index in [0.717, 1.165) is 16.5 Å². The predicted octanol–water partition coefficient (Wildman–Crippen LogP) is 2.78. The standard InChI is InChI=1S/C13H20BrFN2O/c1-4-13(2,18-3)12(17-16)7-9-5-6-10(15)8-11(9)14/h5-6,8,12,17H,4,7,16H2,1-3H3. The SMILES string of the molecule is CCC(C)(OC)C(Cc1ccc(F)cc1Br)NN. The van der Waals surface area contributed by atoms with Gasteiger partial charge in [-0.3, -0.25) is 11.3 Å². The third-order valence-electron chi connectivity index (χ3n) is 3.55. The van der Waals surface area contributed by atoms with Crippen molar-refractivity contribution in [2.24, 2.45) is 5.84 Å². The molecule has 0 aliphatic heterocycles. The molecule has 0 aliphatic carbocycles. The fourth-order valence-corrected chi connectivity index (χ4v) is 2.40. The smallest absolute Gasteiger partial charge is 0.124 e. The molecule has 0 saturated heterocycles. The first-order chi connectivity index (χ1) is 8.46. The molecular weight excluding hydrogens is 299 g/mol. The first kappa shape index (κ1) is 15.6. The lowest BCUT2D eigenvalue weighted by Crippen LogP contribution is -2.53. The average molecular weight is 319 g/mol. The molecule has 102 valence electrons. The largest absolute Gasteiger partial charge is 0.377 e. The lowest BCUT2D eigenvalue weighted by molar-refractivity contribution is -0.0288. The van der Waals surface area contributed by atoms with Crippen LogP contribution in [0.5, 0.6) is 0 Å². The van der Waals surface area contributed by atoms with Crippen LogP contribution in [0.15, 0.2) is 22.7 Å². The first-order valence-electron chi connectivity index (χ1n) is 5.92. The minimum atomic E-state index is -0.359. The molecule has 0 saturated carbocycles. The van der Waals surface area contributed by atoms with Crippen LogP contribution in [0.2, 0.25) is 0 Å². The zero-order chi connectivity index (χ0) is 13.8. The molecular formula is C13H20BrFN2O. The molecule has 18 heavy (non-hydrogen) atoms. The van der Waals surface area contributed by atoms with Crippen LogP contribution in [0.1, 0.15) is 25.8 Å². The number of nitrogens with one attached hydrogen (secondary N) is 1. The van der Waals surface area contributed by atoms with Crippen LogP contribution in [0.25, 0.3) is 0 Å². The number of ether oxygens (including phenoxy) is 1. The molecule has 1 rings (SSSR count). The van der Waals surface area contributed by atoms with E-state index in [1.807, 2.05) is 13.8 Å². The van der Waals surface area contributed by atoms with Gasteiger partial charge in [0, 0.05) is 11.6 Å².